The molecule has 0 aliphatic carbocycles. The van der Waals surface area contributed by atoms with Crippen molar-refractivity contribution in [3.8, 4) is 0 Å². The Morgan fingerprint density at radius 1 is 1.45 bits per heavy atom. The first-order chi connectivity index (χ1) is 5.40. The predicted octanol–water partition coefficient (Wildman–Crippen LogP) is 3.23. The fraction of sp³-hybridized carbons (Fsp3) is 0.125. The third-order valence-electron chi connectivity index (χ3n) is 1.55. The Kier molecular flexibility index (Phi) is 2.09. The molecule has 1 heterocycles. The second-order valence-corrected chi connectivity index (χ2v) is 3.94. The molecule has 0 unspecified atom stereocenters. The van der Waals surface area contributed by atoms with Crippen LogP contribution in [0.4, 0.5) is 0 Å². The molecule has 0 N–H and O–H groups in total. The largest absolute Gasteiger partial charge is 0.245 e. The van der Waals surface area contributed by atoms with Gasteiger partial charge >= 0.3 is 0 Å². The highest BCUT2D eigenvalue weighted by molar-refractivity contribution is 14.1. The highest BCUT2D eigenvalue weighted by Crippen LogP contribution is 2.19. The first kappa shape index (κ1) is 7.49. The third kappa shape index (κ3) is 1.39. The van der Waals surface area contributed by atoms with Crippen LogP contribution in [0.15, 0.2) is 23.7 Å². The normalized spacial score (nSPS) is 10.6. The molecule has 1 aromatic carbocycles. The van der Waals surface area contributed by atoms with Crippen LogP contribution in [0.1, 0.15) is 5.56 Å². The number of hydrogen-bond acceptors (Lipinski definition) is 2. The number of benzene rings is 1. The smallest absolute Gasteiger partial charge is 0.0815 e. The quantitative estimate of drug-likeness (QED) is 0.575. The molecule has 0 spiro atoms. The molecule has 0 saturated heterocycles. The maximum absolute atomic E-state index is 4.24. The van der Waals surface area contributed by atoms with E-state index in [0.29, 0.717) is 0 Å². The Labute approximate surface area is 82.6 Å². The zero-order valence-corrected chi connectivity index (χ0v) is 8.72. The molecule has 1 aromatic heterocycles. The second-order valence-electron chi connectivity index (χ2n) is 2.29. The predicted molar refractivity (Wildman–Crippen MR) is 57.3 cm³/mol. The van der Waals surface area contributed by atoms with Gasteiger partial charge in [-0.1, -0.05) is 28.7 Å². The maximum Gasteiger partial charge on any atom is 0.0815 e. The van der Waals surface area contributed by atoms with Crippen molar-refractivity contribution in [3.63, 3.8) is 0 Å². The van der Waals surface area contributed by atoms with E-state index in [4.69, 9.17) is 0 Å². The Morgan fingerprint density at radius 2 is 2.36 bits per heavy atom. The molecule has 0 saturated carbocycles. The first-order valence-electron chi connectivity index (χ1n) is 3.28. The topological polar surface area (TPSA) is 12.9 Å². The van der Waals surface area contributed by atoms with Crippen molar-refractivity contribution in [2.45, 2.75) is 4.43 Å². The summed E-state index contributed by atoms with van der Waals surface area (Å²) in [6.45, 7) is 0. The molecule has 1 nitrogen and oxygen atoms in total. The van der Waals surface area contributed by atoms with Gasteiger partial charge < -0.3 is 0 Å². The monoisotopic (exact) mass is 275 g/mol. The summed E-state index contributed by atoms with van der Waals surface area (Å²) in [4.78, 5) is 4.24. The van der Waals surface area contributed by atoms with Crippen LogP contribution in [0, 0.1) is 0 Å². The van der Waals surface area contributed by atoms with E-state index in [1.807, 2.05) is 5.51 Å². The van der Waals surface area contributed by atoms with Gasteiger partial charge in [-0.3, -0.25) is 0 Å². The average Bonchev–Trinajstić information content (AvgIpc) is 2.50. The molecule has 0 aliphatic rings. The van der Waals surface area contributed by atoms with E-state index in [0.717, 1.165) is 9.94 Å². The number of aromatic nitrogens is 1. The Hall–Kier alpha value is -0.160. The molecule has 2 aromatic rings. The van der Waals surface area contributed by atoms with Gasteiger partial charge in [0.2, 0.25) is 0 Å². The van der Waals surface area contributed by atoms with E-state index in [-0.39, 0.29) is 0 Å². The summed E-state index contributed by atoms with van der Waals surface area (Å²) < 4.78 is 2.34. The summed E-state index contributed by atoms with van der Waals surface area (Å²) in [5, 5.41) is 0. The minimum Gasteiger partial charge on any atom is -0.245 e. The third-order valence-corrected chi connectivity index (χ3v) is 3.24. The number of halogens is 1. The van der Waals surface area contributed by atoms with Crippen LogP contribution in [0.2, 0.25) is 0 Å². The van der Waals surface area contributed by atoms with Gasteiger partial charge in [0, 0.05) is 4.43 Å². The zero-order chi connectivity index (χ0) is 7.68. The molecular formula is C8H6INS. The maximum atomic E-state index is 4.24. The van der Waals surface area contributed by atoms with Crippen LogP contribution < -0.4 is 0 Å². The van der Waals surface area contributed by atoms with E-state index in [1.54, 1.807) is 11.3 Å². The highest BCUT2D eigenvalue weighted by Gasteiger charge is 1.96. The number of nitrogens with zero attached hydrogens (tertiary/aromatic N) is 1. The van der Waals surface area contributed by atoms with E-state index >= 15 is 0 Å². The van der Waals surface area contributed by atoms with Gasteiger partial charge in [0.1, 0.15) is 0 Å². The van der Waals surface area contributed by atoms with Crippen molar-refractivity contribution in [1.29, 1.82) is 0 Å². The fourth-order valence-electron chi connectivity index (χ4n) is 0.987. The van der Waals surface area contributed by atoms with Crippen LogP contribution >= 0.6 is 33.9 Å². The summed E-state index contributed by atoms with van der Waals surface area (Å²) in [5.74, 6) is 0. The molecule has 0 amide bonds. The van der Waals surface area contributed by atoms with Crippen LogP contribution in [0.5, 0.6) is 0 Å². The summed E-state index contributed by atoms with van der Waals surface area (Å²) in [6, 6.07) is 6.45. The number of fused-ring (bicyclic) bond motifs is 1. The van der Waals surface area contributed by atoms with Gasteiger partial charge in [-0.2, -0.15) is 0 Å². The van der Waals surface area contributed by atoms with Gasteiger partial charge in [0.05, 0.1) is 15.7 Å². The van der Waals surface area contributed by atoms with Crippen LogP contribution in [0.3, 0.4) is 0 Å². The Bertz CT molecular complexity index is 369. The SMILES string of the molecule is ICc1ccc2scnc2c1. The number of thiazole rings is 1. The molecular weight excluding hydrogens is 269 g/mol. The summed E-state index contributed by atoms with van der Waals surface area (Å²) in [6.07, 6.45) is 0. The van der Waals surface area contributed by atoms with Crippen molar-refractivity contribution in [3.05, 3.63) is 29.3 Å². The van der Waals surface area contributed by atoms with Crippen molar-refractivity contribution in [2.24, 2.45) is 0 Å². The Balaban J connectivity index is 2.67. The Morgan fingerprint density at radius 3 is 3.18 bits per heavy atom. The van der Waals surface area contributed by atoms with Gasteiger partial charge in [0.25, 0.3) is 0 Å². The van der Waals surface area contributed by atoms with Crippen molar-refractivity contribution in [1.82, 2.24) is 4.98 Å². The fourth-order valence-corrected chi connectivity index (χ4v) is 2.12. The highest BCUT2D eigenvalue weighted by atomic mass is 127. The molecule has 0 bridgehead atoms. The van der Waals surface area contributed by atoms with Crippen LogP contribution in [-0.4, -0.2) is 4.98 Å². The summed E-state index contributed by atoms with van der Waals surface area (Å²) in [5.41, 5.74) is 4.37. The van der Waals surface area contributed by atoms with Crippen molar-refractivity contribution < 1.29 is 0 Å². The molecule has 56 valence electrons. The number of alkyl halides is 1. The summed E-state index contributed by atoms with van der Waals surface area (Å²) >= 11 is 4.05. The molecule has 0 atom stereocenters. The molecule has 0 aliphatic heterocycles. The molecule has 0 radical (unpaired) electrons. The van der Waals surface area contributed by atoms with Crippen LogP contribution in [0.25, 0.3) is 10.2 Å². The minimum absolute atomic E-state index is 1.06. The van der Waals surface area contributed by atoms with E-state index in [1.165, 1.54) is 10.3 Å². The van der Waals surface area contributed by atoms with Crippen molar-refractivity contribution in [2.75, 3.05) is 0 Å². The van der Waals surface area contributed by atoms with Gasteiger partial charge in [-0.15, -0.1) is 11.3 Å². The molecule has 11 heavy (non-hydrogen) atoms. The lowest BCUT2D eigenvalue weighted by molar-refractivity contribution is 1.44. The average molecular weight is 275 g/mol. The van der Waals surface area contributed by atoms with E-state index in [9.17, 15) is 0 Å². The van der Waals surface area contributed by atoms with Gasteiger partial charge in [-0.25, -0.2) is 4.98 Å². The van der Waals surface area contributed by atoms with Gasteiger partial charge in [0.15, 0.2) is 0 Å². The lowest BCUT2D eigenvalue weighted by Crippen LogP contribution is -1.75. The number of hydrogen-bond donors (Lipinski definition) is 0. The first-order valence-corrected chi connectivity index (χ1v) is 5.69. The zero-order valence-electron chi connectivity index (χ0n) is 5.75. The summed E-state index contributed by atoms with van der Waals surface area (Å²) in [7, 11) is 0. The standard InChI is InChI=1S/C8H6INS/c9-4-6-1-2-8-7(3-6)10-5-11-8/h1-3,5H,4H2. The molecule has 0 fully saturated rings. The molecule has 2 rings (SSSR count). The lowest BCUT2D eigenvalue weighted by atomic mass is 10.2. The van der Waals surface area contributed by atoms with Crippen LogP contribution in [-0.2, 0) is 4.43 Å². The van der Waals surface area contributed by atoms with E-state index < -0.39 is 0 Å². The minimum atomic E-state index is 1.06. The van der Waals surface area contributed by atoms with E-state index in [2.05, 4.69) is 45.8 Å². The molecule has 3 heteroatoms. The van der Waals surface area contributed by atoms with Crippen molar-refractivity contribution >= 4 is 44.1 Å². The van der Waals surface area contributed by atoms with Gasteiger partial charge in [-0.05, 0) is 17.7 Å². The lowest BCUT2D eigenvalue weighted by Gasteiger charge is -1.92. The number of rotatable bonds is 1. The second kappa shape index (κ2) is 3.06.